The summed E-state index contributed by atoms with van der Waals surface area (Å²) >= 11 is 3.35. The van der Waals surface area contributed by atoms with Gasteiger partial charge in [-0.1, -0.05) is 22.0 Å². The first kappa shape index (κ1) is 14.6. The molecule has 3 rings (SSSR count). The SMILES string of the molecule is O=C1CC(Nc2ccc(Br)cc2)C(=O)N1c1cccc(O)c1. The van der Waals surface area contributed by atoms with Crippen LogP contribution in [0.15, 0.2) is 53.0 Å². The van der Waals surface area contributed by atoms with Gasteiger partial charge in [0, 0.05) is 16.2 Å². The van der Waals surface area contributed by atoms with Crippen LogP contribution in [-0.2, 0) is 9.59 Å². The Hall–Kier alpha value is -2.34. The van der Waals surface area contributed by atoms with E-state index in [1.165, 1.54) is 12.1 Å². The molecule has 1 atom stereocenters. The van der Waals surface area contributed by atoms with Crippen LogP contribution in [-0.4, -0.2) is 23.0 Å². The summed E-state index contributed by atoms with van der Waals surface area (Å²) in [5.74, 6) is -0.592. The molecule has 0 aromatic heterocycles. The summed E-state index contributed by atoms with van der Waals surface area (Å²) in [5.41, 5.74) is 1.15. The van der Waals surface area contributed by atoms with Crippen molar-refractivity contribution in [2.24, 2.45) is 0 Å². The van der Waals surface area contributed by atoms with Crippen LogP contribution in [0.1, 0.15) is 6.42 Å². The van der Waals surface area contributed by atoms with Crippen LogP contribution < -0.4 is 10.2 Å². The number of rotatable bonds is 3. The molecule has 2 aromatic rings. The van der Waals surface area contributed by atoms with Crippen molar-refractivity contribution in [2.75, 3.05) is 10.2 Å². The lowest BCUT2D eigenvalue weighted by atomic mass is 10.2. The minimum absolute atomic E-state index is 0.0161. The van der Waals surface area contributed by atoms with Gasteiger partial charge in [-0.25, -0.2) is 4.90 Å². The normalized spacial score (nSPS) is 17.9. The second-order valence-corrected chi connectivity index (χ2v) is 5.91. The quantitative estimate of drug-likeness (QED) is 0.825. The van der Waals surface area contributed by atoms with Crippen molar-refractivity contribution < 1.29 is 14.7 Å². The van der Waals surface area contributed by atoms with Crippen LogP contribution in [0.4, 0.5) is 11.4 Å². The van der Waals surface area contributed by atoms with Crippen molar-refractivity contribution in [3.63, 3.8) is 0 Å². The number of anilines is 2. The highest BCUT2D eigenvalue weighted by atomic mass is 79.9. The number of aromatic hydroxyl groups is 1. The topological polar surface area (TPSA) is 69.6 Å². The van der Waals surface area contributed by atoms with Crippen molar-refractivity contribution in [1.82, 2.24) is 0 Å². The lowest BCUT2D eigenvalue weighted by Crippen LogP contribution is -2.34. The lowest BCUT2D eigenvalue weighted by molar-refractivity contribution is -0.121. The highest BCUT2D eigenvalue weighted by molar-refractivity contribution is 9.10. The van der Waals surface area contributed by atoms with Gasteiger partial charge in [0.1, 0.15) is 11.8 Å². The van der Waals surface area contributed by atoms with Gasteiger partial charge in [0.25, 0.3) is 5.91 Å². The zero-order chi connectivity index (χ0) is 15.7. The van der Waals surface area contributed by atoms with Crippen LogP contribution >= 0.6 is 15.9 Å². The molecular weight excluding hydrogens is 348 g/mol. The van der Waals surface area contributed by atoms with Crippen molar-refractivity contribution in [1.29, 1.82) is 0 Å². The van der Waals surface area contributed by atoms with E-state index in [1.807, 2.05) is 24.3 Å². The third kappa shape index (κ3) is 2.82. The largest absolute Gasteiger partial charge is 0.508 e. The molecule has 1 heterocycles. The molecular formula is C16H13BrN2O3. The molecule has 2 amide bonds. The first-order valence-electron chi connectivity index (χ1n) is 6.72. The minimum Gasteiger partial charge on any atom is -0.508 e. The number of benzene rings is 2. The standard InChI is InChI=1S/C16H13BrN2O3/c17-10-4-6-11(7-5-10)18-14-9-15(21)19(16(14)22)12-2-1-3-13(20)8-12/h1-8,14,18,20H,9H2. The summed E-state index contributed by atoms with van der Waals surface area (Å²) in [5, 5.41) is 12.6. The van der Waals surface area contributed by atoms with E-state index >= 15 is 0 Å². The first-order chi connectivity index (χ1) is 10.5. The zero-order valence-corrected chi connectivity index (χ0v) is 13.1. The van der Waals surface area contributed by atoms with Crippen LogP contribution in [0.2, 0.25) is 0 Å². The van der Waals surface area contributed by atoms with E-state index in [-0.39, 0.29) is 24.0 Å². The van der Waals surface area contributed by atoms with Gasteiger partial charge in [-0.05, 0) is 36.4 Å². The Kier molecular flexibility index (Phi) is 3.85. The highest BCUT2D eigenvalue weighted by Gasteiger charge is 2.39. The Balaban J connectivity index is 1.81. The number of nitrogens with zero attached hydrogens (tertiary/aromatic N) is 1. The molecule has 1 aliphatic rings. The number of carbonyl (C=O) groups is 2. The number of halogens is 1. The second kappa shape index (κ2) is 5.81. The van der Waals surface area contributed by atoms with E-state index < -0.39 is 6.04 Å². The summed E-state index contributed by atoms with van der Waals surface area (Å²) in [4.78, 5) is 25.7. The Labute approximate surface area is 135 Å². The lowest BCUT2D eigenvalue weighted by Gasteiger charge is -2.16. The fourth-order valence-corrected chi connectivity index (χ4v) is 2.66. The van der Waals surface area contributed by atoms with Crippen LogP contribution in [0, 0.1) is 0 Å². The first-order valence-corrected chi connectivity index (χ1v) is 7.52. The van der Waals surface area contributed by atoms with Crippen LogP contribution in [0.25, 0.3) is 0 Å². The van der Waals surface area contributed by atoms with Gasteiger partial charge >= 0.3 is 0 Å². The Morgan fingerprint density at radius 3 is 2.55 bits per heavy atom. The Morgan fingerprint density at radius 1 is 1.14 bits per heavy atom. The van der Waals surface area contributed by atoms with Crippen molar-refractivity contribution >= 4 is 39.1 Å². The maximum absolute atomic E-state index is 12.5. The third-order valence-corrected chi connectivity index (χ3v) is 3.95. The van der Waals surface area contributed by atoms with Gasteiger partial charge in [-0.2, -0.15) is 0 Å². The van der Waals surface area contributed by atoms with Gasteiger partial charge in [0.15, 0.2) is 0 Å². The Morgan fingerprint density at radius 2 is 1.86 bits per heavy atom. The second-order valence-electron chi connectivity index (χ2n) is 5.00. The van der Waals surface area contributed by atoms with Crippen molar-refractivity contribution in [3.05, 3.63) is 53.0 Å². The number of phenols is 1. The summed E-state index contributed by atoms with van der Waals surface area (Å²) in [6, 6.07) is 12.9. The minimum atomic E-state index is -0.601. The van der Waals surface area contributed by atoms with Crippen molar-refractivity contribution in [3.8, 4) is 5.75 Å². The Bertz CT molecular complexity index is 730. The number of hydrogen-bond acceptors (Lipinski definition) is 4. The highest BCUT2D eigenvalue weighted by Crippen LogP contribution is 2.27. The smallest absolute Gasteiger partial charge is 0.256 e. The number of carbonyl (C=O) groups excluding carboxylic acids is 2. The fraction of sp³-hybridized carbons (Fsp3) is 0.125. The summed E-state index contributed by atoms with van der Waals surface area (Å²) < 4.78 is 0.938. The van der Waals surface area contributed by atoms with Crippen LogP contribution in [0.5, 0.6) is 5.75 Å². The molecule has 0 spiro atoms. The number of imide groups is 1. The maximum Gasteiger partial charge on any atom is 0.256 e. The molecule has 2 N–H and O–H groups in total. The average molecular weight is 361 g/mol. The van der Waals surface area contributed by atoms with E-state index in [0.717, 1.165) is 15.1 Å². The van der Waals surface area contributed by atoms with E-state index in [0.29, 0.717) is 5.69 Å². The molecule has 112 valence electrons. The van der Waals surface area contributed by atoms with Gasteiger partial charge in [0.05, 0.1) is 12.1 Å². The summed E-state index contributed by atoms with van der Waals surface area (Å²) in [6.45, 7) is 0. The van der Waals surface area contributed by atoms with Crippen molar-refractivity contribution in [2.45, 2.75) is 12.5 Å². The predicted molar refractivity (Wildman–Crippen MR) is 86.8 cm³/mol. The number of amides is 2. The molecule has 0 aliphatic carbocycles. The van der Waals surface area contributed by atoms with Crippen LogP contribution in [0.3, 0.4) is 0 Å². The molecule has 2 aromatic carbocycles. The predicted octanol–water partition coefficient (Wildman–Crippen LogP) is 2.90. The molecule has 0 bridgehead atoms. The molecule has 0 saturated carbocycles. The van der Waals surface area contributed by atoms with Gasteiger partial charge in [-0.15, -0.1) is 0 Å². The molecule has 0 radical (unpaired) electrons. The average Bonchev–Trinajstić information content (AvgIpc) is 2.76. The molecule has 1 saturated heterocycles. The zero-order valence-electron chi connectivity index (χ0n) is 11.5. The van der Waals surface area contributed by atoms with Gasteiger partial charge < -0.3 is 10.4 Å². The van der Waals surface area contributed by atoms with E-state index in [9.17, 15) is 14.7 Å². The summed E-state index contributed by atoms with van der Waals surface area (Å²) in [6.07, 6.45) is 0.0879. The number of hydrogen-bond donors (Lipinski definition) is 2. The molecule has 6 heteroatoms. The molecule has 1 fully saturated rings. The fourth-order valence-electron chi connectivity index (χ4n) is 2.40. The van der Waals surface area contributed by atoms with E-state index in [1.54, 1.807) is 12.1 Å². The monoisotopic (exact) mass is 360 g/mol. The van der Waals surface area contributed by atoms with Gasteiger partial charge in [0.2, 0.25) is 5.91 Å². The molecule has 5 nitrogen and oxygen atoms in total. The molecule has 1 unspecified atom stereocenters. The summed E-state index contributed by atoms with van der Waals surface area (Å²) in [7, 11) is 0. The third-order valence-electron chi connectivity index (χ3n) is 3.42. The van der Waals surface area contributed by atoms with Gasteiger partial charge in [-0.3, -0.25) is 9.59 Å². The van der Waals surface area contributed by atoms with E-state index in [2.05, 4.69) is 21.2 Å². The number of phenolic OH excluding ortho intramolecular Hbond substituents is 1. The maximum atomic E-state index is 12.5. The number of nitrogens with one attached hydrogen (secondary N) is 1. The van der Waals surface area contributed by atoms with E-state index in [4.69, 9.17) is 0 Å². The molecule has 22 heavy (non-hydrogen) atoms. The molecule has 1 aliphatic heterocycles.